The van der Waals surface area contributed by atoms with Crippen molar-refractivity contribution >= 4 is 5.90 Å². The van der Waals surface area contributed by atoms with E-state index in [9.17, 15) is 13.2 Å². The van der Waals surface area contributed by atoms with Gasteiger partial charge in [-0.05, 0) is 47.4 Å². The zero-order valence-corrected chi connectivity index (χ0v) is 14.9. The Kier molecular flexibility index (Phi) is 4.60. The Morgan fingerprint density at radius 3 is 2.50 bits per heavy atom. The first-order valence-corrected chi connectivity index (χ1v) is 8.61. The maximum absolute atomic E-state index is 13.7. The molecule has 0 spiro atoms. The first-order chi connectivity index (χ1) is 13.4. The molecular formula is C21H16F3N3O. The Morgan fingerprint density at radius 2 is 1.79 bits per heavy atom. The minimum absolute atomic E-state index is 0.116. The number of nitrogens with one attached hydrogen (secondary N) is 1. The van der Waals surface area contributed by atoms with Gasteiger partial charge in [-0.3, -0.25) is 4.98 Å². The fraction of sp³-hybridized carbons (Fsp3) is 0.143. The third-order valence-electron chi connectivity index (χ3n) is 4.53. The molecule has 0 saturated carbocycles. The summed E-state index contributed by atoms with van der Waals surface area (Å²) in [5.74, 6) is 0.117. The highest BCUT2D eigenvalue weighted by Crippen LogP contribution is 2.38. The number of hydrogen-bond donors (Lipinski definition) is 1. The van der Waals surface area contributed by atoms with Crippen LogP contribution in [0.25, 0.3) is 11.1 Å². The number of aromatic nitrogens is 1. The second-order valence-corrected chi connectivity index (χ2v) is 6.41. The number of aliphatic imine (C=N–C) groups is 1. The zero-order chi connectivity index (χ0) is 19.7. The number of nitrogens with zero attached hydrogens (tertiary/aromatic N) is 2. The van der Waals surface area contributed by atoms with Crippen LogP contribution in [-0.2, 0) is 11.0 Å². The Morgan fingerprint density at radius 1 is 1.00 bits per heavy atom. The van der Waals surface area contributed by atoms with E-state index < -0.39 is 17.9 Å². The number of benzene rings is 2. The highest BCUT2D eigenvalue weighted by atomic mass is 19.4. The van der Waals surface area contributed by atoms with Crippen molar-refractivity contribution in [1.29, 1.82) is 0 Å². The molecule has 4 nitrogen and oxygen atoms in total. The molecule has 1 aliphatic rings. The molecule has 1 N–H and O–H groups in total. The van der Waals surface area contributed by atoms with Gasteiger partial charge in [0.1, 0.15) is 0 Å². The molecule has 28 heavy (non-hydrogen) atoms. The topological polar surface area (TPSA) is 46.5 Å². The Hall–Kier alpha value is -3.19. The van der Waals surface area contributed by atoms with E-state index in [0.717, 1.165) is 17.2 Å². The van der Waals surface area contributed by atoms with Crippen LogP contribution < -0.4 is 5.48 Å². The van der Waals surface area contributed by atoms with E-state index in [1.165, 1.54) is 6.07 Å². The third-order valence-corrected chi connectivity index (χ3v) is 4.53. The highest BCUT2D eigenvalue weighted by Gasteiger charge is 2.35. The van der Waals surface area contributed by atoms with Crippen molar-refractivity contribution in [3.05, 3.63) is 89.2 Å². The summed E-state index contributed by atoms with van der Waals surface area (Å²) in [5, 5.41) is 0. The van der Waals surface area contributed by atoms with Gasteiger partial charge < -0.3 is 4.84 Å². The Bertz CT molecular complexity index is 1030. The minimum atomic E-state index is -4.51. The molecule has 3 aromatic rings. The number of alkyl halides is 3. The predicted molar refractivity (Wildman–Crippen MR) is 99.4 cm³/mol. The van der Waals surface area contributed by atoms with Crippen LogP contribution in [0.1, 0.15) is 28.4 Å². The molecule has 1 atom stereocenters. The van der Waals surface area contributed by atoms with Crippen LogP contribution in [0.15, 0.2) is 72.0 Å². The van der Waals surface area contributed by atoms with Gasteiger partial charge in [0.05, 0.1) is 5.56 Å². The molecule has 0 bridgehead atoms. The van der Waals surface area contributed by atoms with Gasteiger partial charge in [0.25, 0.3) is 0 Å². The number of hydrogen-bond acceptors (Lipinski definition) is 4. The highest BCUT2D eigenvalue weighted by molar-refractivity contribution is 5.96. The molecule has 2 heterocycles. The number of hydroxylamine groups is 1. The zero-order valence-electron chi connectivity index (χ0n) is 14.9. The van der Waals surface area contributed by atoms with Gasteiger partial charge in [0.2, 0.25) is 5.90 Å². The number of pyridine rings is 1. The fourth-order valence-corrected chi connectivity index (χ4v) is 3.12. The molecule has 2 aromatic carbocycles. The lowest BCUT2D eigenvalue weighted by molar-refractivity contribution is -0.137. The Labute approximate surface area is 159 Å². The molecule has 4 rings (SSSR count). The van der Waals surface area contributed by atoms with Gasteiger partial charge >= 0.3 is 6.18 Å². The second-order valence-electron chi connectivity index (χ2n) is 6.41. The molecule has 0 amide bonds. The minimum Gasteiger partial charge on any atom is -0.386 e. The van der Waals surface area contributed by atoms with Crippen LogP contribution >= 0.6 is 0 Å². The van der Waals surface area contributed by atoms with E-state index >= 15 is 0 Å². The lowest BCUT2D eigenvalue weighted by atomic mass is 9.97. The maximum Gasteiger partial charge on any atom is 0.417 e. The van der Waals surface area contributed by atoms with Crippen molar-refractivity contribution in [3.8, 4) is 11.1 Å². The molecule has 142 valence electrons. The van der Waals surface area contributed by atoms with Crippen LogP contribution in [0.5, 0.6) is 0 Å². The smallest absolute Gasteiger partial charge is 0.386 e. The van der Waals surface area contributed by atoms with E-state index in [2.05, 4.69) is 15.5 Å². The predicted octanol–water partition coefficient (Wildman–Crippen LogP) is 5.06. The van der Waals surface area contributed by atoms with E-state index in [0.29, 0.717) is 5.56 Å². The monoisotopic (exact) mass is 383 g/mol. The van der Waals surface area contributed by atoms with Gasteiger partial charge in [-0.25, -0.2) is 4.99 Å². The number of rotatable bonds is 3. The quantitative estimate of drug-likeness (QED) is 0.688. The second kappa shape index (κ2) is 7.09. The lowest BCUT2D eigenvalue weighted by Crippen LogP contribution is -2.16. The van der Waals surface area contributed by atoms with Crippen molar-refractivity contribution in [1.82, 2.24) is 10.5 Å². The van der Waals surface area contributed by atoms with Gasteiger partial charge in [0, 0.05) is 18.0 Å². The summed E-state index contributed by atoms with van der Waals surface area (Å²) in [6.45, 7) is 1.88. The summed E-state index contributed by atoms with van der Waals surface area (Å²) in [6.07, 6.45) is -1.68. The van der Waals surface area contributed by atoms with Gasteiger partial charge in [-0.2, -0.15) is 13.2 Å². The summed E-state index contributed by atoms with van der Waals surface area (Å²) < 4.78 is 41.1. The van der Waals surface area contributed by atoms with Crippen LogP contribution in [0.4, 0.5) is 13.2 Å². The van der Waals surface area contributed by atoms with E-state index in [1.807, 2.05) is 6.92 Å². The number of halogens is 3. The summed E-state index contributed by atoms with van der Waals surface area (Å²) in [7, 11) is 0. The van der Waals surface area contributed by atoms with Crippen LogP contribution in [0.3, 0.4) is 0 Å². The fourth-order valence-electron chi connectivity index (χ4n) is 3.12. The summed E-state index contributed by atoms with van der Waals surface area (Å²) in [6, 6.07) is 14.4. The molecule has 0 aliphatic carbocycles. The first kappa shape index (κ1) is 18.2. The van der Waals surface area contributed by atoms with E-state index in [1.54, 1.807) is 54.9 Å². The molecule has 1 aliphatic heterocycles. The molecule has 7 heteroatoms. The maximum atomic E-state index is 13.7. The molecule has 0 fully saturated rings. The standard InChI is InChI=1S/C21H16F3N3O/c1-13-12-25-10-9-16(13)19-26-20(28-27-19)15-7-8-17(14-5-3-2-4-6-14)18(11-15)21(22,23)24/h2-12,19,27H,1H3. The lowest BCUT2D eigenvalue weighted by Gasteiger charge is -2.14. The molecule has 0 saturated heterocycles. The van der Waals surface area contributed by atoms with Crippen LogP contribution in [0.2, 0.25) is 0 Å². The van der Waals surface area contributed by atoms with Gasteiger partial charge in [-0.15, -0.1) is 5.48 Å². The third kappa shape index (κ3) is 3.48. The molecular weight excluding hydrogens is 367 g/mol. The van der Waals surface area contributed by atoms with Crippen molar-refractivity contribution in [2.75, 3.05) is 0 Å². The molecule has 1 aromatic heterocycles. The SMILES string of the molecule is Cc1cnccc1C1N=C(c2ccc(-c3ccccc3)c(C(F)(F)F)c2)ON1. The largest absolute Gasteiger partial charge is 0.417 e. The first-order valence-electron chi connectivity index (χ1n) is 8.61. The van der Waals surface area contributed by atoms with Crippen molar-refractivity contribution in [3.63, 3.8) is 0 Å². The van der Waals surface area contributed by atoms with E-state index in [4.69, 9.17) is 4.84 Å². The summed E-state index contributed by atoms with van der Waals surface area (Å²) >= 11 is 0. The Balaban J connectivity index is 1.73. The average molecular weight is 383 g/mol. The normalized spacial score (nSPS) is 16.6. The number of aryl methyl sites for hydroxylation is 1. The summed E-state index contributed by atoms with van der Waals surface area (Å²) in [4.78, 5) is 13.8. The van der Waals surface area contributed by atoms with Crippen molar-refractivity contribution in [2.24, 2.45) is 4.99 Å². The van der Waals surface area contributed by atoms with Crippen molar-refractivity contribution < 1.29 is 18.0 Å². The van der Waals surface area contributed by atoms with Gasteiger partial charge in [0.15, 0.2) is 6.17 Å². The van der Waals surface area contributed by atoms with Crippen molar-refractivity contribution in [2.45, 2.75) is 19.3 Å². The van der Waals surface area contributed by atoms with E-state index in [-0.39, 0.29) is 17.0 Å². The molecule has 0 radical (unpaired) electrons. The summed E-state index contributed by atoms with van der Waals surface area (Å²) in [5.41, 5.74) is 4.65. The van der Waals surface area contributed by atoms with Crippen LogP contribution in [-0.4, -0.2) is 10.9 Å². The molecule has 1 unspecified atom stereocenters. The van der Waals surface area contributed by atoms with Crippen LogP contribution in [0, 0.1) is 6.92 Å². The van der Waals surface area contributed by atoms with Gasteiger partial charge in [-0.1, -0.05) is 36.4 Å². The average Bonchev–Trinajstić information content (AvgIpc) is 3.18.